The zero-order valence-electron chi connectivity index (χ0n) is 7.91. The van der Waals surface area contributed by atoms with Crippen LogP contribution in [0.5, 0.6) is 0 Å². The number of urea groups is 1. The Balaban J connectivity index is 2.59. The highest BCUT2D eigenvalue weighted by Gasteiger charge is 2.32. The van der Waals surface area contributed by atoms with Gasteiger partial charge in [-0.1, -0.05) is 0 Å². The number of amides is 3. The molecule has 13 heavy (non-hydrogen) atoms. The summed E-state index contributed by atoms with van der Waals surface area (Å²) in [7, 11) is 0. The number of nitrogens with one attached hydrogen (secondary N) is 1. The first kappa shape index (κ1) is 9.98. The van der Waals surface area contributed by atoms with Crippen LogP contribution in [0.25, 0.3) is 0 Å². The van der Waals surface area contributed by atoms with E-state index in [4.69, 9.17) is 5.73 Å². The van der Waals surface area contributed by atoms with E-state index in [2.05, 4.69) is 5.32 Å². The van der Waals surface area contributed by atoms with Gasteiger partial charge in [0, 0.05) is 12.1 Å². The Morgan fingerprint density at radius 1 is 1.54 bits per heavy atom. The van der Waals surface area contributed by atoms with E-state index in [9.17, 15) is 9.59 Å². The fourth-order valence-corrected chi connectivity index (χ4v) is 1.52. The van der Waals surface area contributed by atoms with Crippen LogP contribution in [0.1, 0.15) is 20.3 Å². The average molecular weight is 185 g/mol. The van der Waals surface area contributed by atoms with Crippen molar-refractivity contribution in [3.05, 3.63) is 0 Å². The third kappa shape index (κ3) is 2.18. The van der Waals surface area contributed by atoms with Crippen molar-refractivity contribution in [1.29, 1.82) is 0 Å². The molecule has 1 saturated heterocycles. The van der Waals surface area contributed by atoms with Crippen molar-refractivity contribution < 1.29 is 9.59 Å². The Hall–Kier alpha value is -1.10. The topological polar surface area (TPSA) is 75.4 Å². The van der Waals surface area contributed by atoms with Gasteiger partial charge in [-0.2, -0.15) is 0 Å². The molecule has 0 radical (unpaired) electrons. The van der Waals surface area contributed by atoms with E-state index in [1.54, 1.807) is 0 Å². The minimum Gasteiger partial charge on any atom is -0.329 e. The van der Waals surface area contributed by atoms with Gasteiger partial charge in [-0.05, 0) is 20.3 Å². The van der Waals surface area contributed by atoms with Crippen molar-refractivity contribution in [2.45, 2.75) is 32.4 Å². The number of hydrogen-bond donors (Lipinski definition) is 2. The zero-order chi connectivity index (χ0) is 10.0. The molecule has 5 nitrogen and oxygen atoms in total. The third-order valence-electron chi connectivity index (χ3n) is 2.03. The van der Waals surface area contributed by atoms with Crippen LogP contribution >= 0.6 is 0 Å². The predicted octanol–water partition coefficient (Wildman–Crippen LogP) is -0.336. The second-order valence-corrected chi connectivity index (χ2v) is 3.48. The first-order chi connectivity index (χ1) is 6.02. The fraction of sp³-hybridized carbons (Fsp3) is 0.750. The number of nitrogens with two attached hydrogens (primary N) is 1. The van der Waals surface area contributed by atoms with Crippen molar-refractivity contribution in [3.8, 4) is 0 Å². The summed E-state index contributed by atoms with van der Waals surface area (Å²) < 4.78 is 0. The number of imide groups is 1. The Morgan fingerprint density at radius 3 is 2.54 bits per heavy atom. The molecule has 74 valence electrons. The number of carbonyl (C=O) groups is 2. The van der Waals surface area contributed by atoms with Gasteiger partial charge in [0.2, 0.25) is 5.91 Å². The summed E-state index contributed by atoms with van der Waals surface area (Å²) in [4.78, 5) is 23.6. The number of rotatable bonds is 3. The van der Waals surface area contributed by atoms with Gasteiger partial charge in [0.1, 0.15) is 0 Å². The van der Waals surface area contributed by atoms with Gasteiger partial charge in [-0.15, -0.1) is 0 Å². The van der Waals surface area contributed by atoms with Gasteiger partial charge in [0.05, 0.1) is 6.54 Å². The molecule has 0 aromatic carbocycles. The van der Waals surface area contributed by atoms with Gasteiger partial charge < -0.3 is 11.1 Å². The van der Waals surface area contributed by atoms with E-state index >= 15 is 0 Å². The quantitative estimate of drug-likeness (QED) is 0.591. The molecule has 1 aliphatic heterocycles. The van der Waals surface area contributed by atoms with Crippen molar-refractivity contribution in [2.24, 2.45) is 5.73 Å². The van der Waals surface area contributed by atoms with Crippen LogP contribution in [0.15, 0.2) is 0 Å². The number of nitrogens with zero attached hydrogens (tertiary/aromatic N) is 1. The van der Waals surface area contributed by atoms with Crippen LogP contribution < -0.4 is 11.1 Å². The molecule has 0 aromatic heterocycles. The molecule has 1 aliphatic rings. The van der Waals surface area contributed by atoms with Crippen LogP contribution in [0, 0.1) is 0 Å². The summed E-state index contributed by atoms with van der Waals surface area (Å²) in [5.74, 6) is -0.168. The standard InChI is InChI=1S/C8H15N3O2/c1-5(9)3-6(2)11-7(12)4-10-8(11)13/h5-6H,3-4,9H2,1-2H3,(H,10,13). The molecule has 1 heterocycles. The van der Waals surface area contributed by atoms with Crippen LogP contribution in [0.4, 0.5) is 4.79 Å². The lowest BCUT2D eigenvalue weighted by Gasteiger charge is -2.22. The molecule has 3 amide bonds. The largest absolute Gasteiger partial charge is 0.329 e. The Kier molecular flexibility index (Phi) is 2.87. The SMILES string of the molecule is CC(N)CC(C)N1C(=O)CNC1=O. The van der Waals surface area contributed by atoms with Crippen LogP contribution in [0.2, 0.25) is 0 Å². The van der Waals surface area contributed by atoms with Crippen LogP contribution in [-0.2, 0) is 4.79 Å². The maximum absolute atomic E-state index is 11.2. The highest BCUT2D eigenvalue weighted by atomic mass is 16.2. The summed E-state index contributed by atoms with van der Waals surface area (Å²) in [6.45, 7) is 3.79. The van der Waals surface area contributed by atoms with Crippen molar-refractivity contribution in [2.75, 3.05) is 6.54 Å². The third-order valence-corrected chi connectivity index (χ3v) is 2.03. The van der Waals surface area contributed by atoms with E-state index in [0.717, 1.165) is 0 Å². The van der Waals surface area contributed by atoms with Gasteiger partial charge in [0.25, 0.3) is 0 Å². The van der Waals surface area contributed by atoms with Gasteiger partial charge in [-0.3, -0.25) is 9.69 Å². The van der Waals surface area contributed by atoms with Crippen LogP contribution in [-0.4, -0.2) is 35.5 Å². The predicted molar refractivity (Wildman–Crippen MR) is 48.0 cm³/mol. The monoisotopic (exact) mass is 185 g/mol. The summed E-state index contributed by atoms with van der Waals surface area (Å²) in [5, 5.41) is 2.47. The second kappa shape index (κ2) is 3.74. The molecule has 0 spiro atoms. The summed E-state index contributed by atoms with van der Waals surface area (Å²) in [6.07, 6.45) is 0.638. The molecule has 0 bridgehead atoms. The molecule has 0 aromatic rings. The average Bonchev–Trinajstić information content (AvgIpc) is 2.29. The van der Waals surface area contributed by atoms with Crippen LogP contribution in [0.3, 0.4) is 0 Å². The number of hydrogen-bond acceptors (Lipinski definition) is 3. The Bertz CT molecular complexity index is 211. The summed E-state index contributed by atoms with van der Waals surface area (Å²) in [6, 6.07) is -0.427. The highest BCUT2D eigenvalue weighted by Crippen LogP contribution is 2.09. The minimum absolute atomic E-state index is 0.00352. The van der Waals surface area contributed by atoms with E-state index in [1.807, 2.05) is 13.8 Å². The maximum atomic E-state index is 11.2. The highest BCUT2D eigenvalue weighted by molar-refractivity contribution is 6.02. The fourth-order valence-electron chi connectivity index (χ4n) is 1.52. The Morgan fingerprint density at radius 2 is 2.15 bits per heavy atom. The lowest BCUT2D eigenvalue weighted by atomic mass is 10.1. The minimum atomic E-state index is -0.307. The van der Waals surface area contributed by atoms with Gasteiger partial charge in [0.15, 0.2) is 0 Å². The molecule has 0 saturated carbocycles. The summed E-state index contributed by atoms with van der Waals surface area (Å²) >= 11 is 0. The smallest absolute Gasteiger partial charge is 0.324 e. The second-order valence-electron chi connectivity index (χ2n) is 3.48. The van der Waals surface area contributed by atoms with Crippen molar-refractivity contribution in [3.63, 3.8) is 0 Å². The van der Waals surface area contributed by atoms with Gasteiger partial charge in [-0.25, -0.2) is 4.79 Å². The van der Waals surface area contributed by atoms with E-state index in [1.165, 1.54) is 4.90 Å². The number of carbonyl (C=O) groups excluding carboxylic acids is 2. The molecule has 0 aliphatic carbocycles. The first-order valence-corrected chi connectivity index (χ1v) is 4.38. The molecular formula is C8H15N3O2. The lowest BCUT2D eigenvalue weighted by molar-refractivity contribution is -0.126. The molecule has 3 N–H and O–H groups in total. The normalized spacial score (nSPS) is 21.6. The zero-order valence-corrected chi connectivity index (χ0v) is 7.91. The van der Waals surface area contributed by atoms with E-state index < -0.39 is 0 Å². The maximum Gasteiger partial charge on any atom is 0.324 e. The first-order valence-electron chi connectivity index (χ1n) is 4.38. The van der Waals surface area contributed by atoms with E-state index in [0.29, 0.717) is 6.42 Å². The lowest BCUT2D eigenvalue weighted by Crippen LogP contribution is -2.41. The molecular weight excluding hydrogens is 170 g/mol. The van der Waals surface area contributed by atoms with Gasteiger partial charge >= 0.3 is 6.03 Å². The Labute approximate surface area is 77.3 Å². The van der Waals surface area contributed by atoms with E-state index in [-0.39, 0.29) is 30.6 Å². The molecule has 1 fully saturated rings. The molecule has 5 heteroatoms. The molecule has 2 unspecified atom stereocenters. The molecule has 1 rings (SSSR count). The van der Waals surface area contributed by atoms with Crippen molar-refractivity contribution in [1.82, 2.24) is 10.2 Å². The summed E-state index contributed by atoms with van der Waals surface area (Å²) in [5.41, 5.74) is 5.58. The molecule has 2 atom stereocenters. The van der Waals surface area contributed by atoms with Crippen molar-refractivity contribution >= 4 is 11.9 Å².